The molecular formula is C19H31N5O4S. The summed E-state index contributed by atoms with van der Waals surface area (Å²) in [6, 6.07) is 0.0207. The first kappa shape index (κ1) is 20.8. The van der Waals surface area contributed by atoms with Gasteiger partial charge in [0.25, 0.3) is 10.0 Å². The lowest BCUT2D eigenvalue weighted by Gasteiger charge is -2.38. The first-order valence-electron chi connectivity index (χ1n) is 10.7. The first-order chi connectivity index (χ1) is 13.9. The number of aliphatic hydroxyl groups is 1. The van der Waals surface area contributed by atoms with E-state index in [0.717, 1.165) is 25.7 Å². The number of amides is 1. The molecule has 1 aliphatic carbocycles. The fourth-order valence-corrected chi connectivity index (χ4v) is 6.35. The van der Waals surface area contributed by atoms with Crippen molar-refractivity contribution in [2.75, 3.05) is 19.6 Å². The van der Waals surface area contributed by atoms with Gasteiger partial charge in [-0.15, -0.1) is 0 Å². The SMILES string of the molecule is O=C(NC1CCCCC1)[C@@H]1C[C@@H](O)CN1C1CCN(S(=O)(=O)c2cnc[nH]2)CC1. The number of hydrogen-bond donors (Lipinski definition) is 3. The molecule has 1 aromatic heterocycles. The minimum atomic E-state index is -3.56. The van der Waals surface area contributed by atoms with Crippen molar-refractivity contribution < 1.29 is 18.3 Å². The number of aliphatic hydroxyl groups excluding tert-OH is 1. The van der Waals surface area contributed by atoms with Crippen LogP contribution in [0.4, 0.5) is 0 Å². The predicted octanol–water partition coefficient (Wildman–Crippen LogP) is 0.447. The highest BCUT2D eigenvalue weighted by Gasteiger charge is 2.42. The van der Waals surface area contributed by atoms with Gasteiger partial charge >= 0.3 is 0 Å². The summed E-state index contributed by atoms with van der Waals surface area (Å²) in [6.07, 6.45) is 9.53. The Morgan fingerprint density at radius 1 is 1.17 bits per heavy atom. The Kier molecular flexibility index (Phi) is 6.24. The van der Waals surface area contributed by atoms with E-state index >= 15 is 0 Å². The summed E-state index contributed by atoms with van der Waals surface area (Å²) in [5, 5.41) is 13.5. The molecule has 29 heavy (non-hydrogen) atoms. The Morgan fingerprint density at radius 2 is 1.90 bits per heavy atom. The number of H-pyrrole nitrogens is 1. The van der Waals surface area contributed by atoms with Crippen LogP contribution in [0.3, 0.4) is 0 Å². The number of imidazole rings is 1. The smallest absolute Gasteiger partial charge is 0.260 e. The van der Waals surface area contributed by atoms with Crippen molar-refractivity contribution >= 4 is 15.9 Å². The molecule has 2 saturated heterocycles. The highest BCUT2D eigenvalue weighted by atomic mass is 32.2. The first-order valence-corrected chi connectivity index (χ1v) is 12.1. The third kappa shape index (κ3) is 4.50. The molecule has 3 fully saturated rings. The number of carbonyl (C=O) groups is 1. The maximum Gasteiger partial charge on any atom is 0.260 e. The molecule has 0 aromatic carbocycles. The van der Waals surface area contributed by atoms with Gasteiger partial charge in [0.05, 0.1) is 24.7 Å². The molecule has 3 heterocycles. The van der Waals surface area contributed by atoms with E-state index in [1.165, 1.54) is 23.3 Å². The molecule has 0 bridgehead atoms. The lowest BCUT2D eigenvalue weighted by atomic mass is 9.95. The van der Waals surface area contributed by atoms with Crippen molar-refractivity contribution in [1.82, 2.24) is 24.5 Å². The molecule has 3 N–H and O–H groups in total. The van der Waals surface area contributed by atoms with Crippen molar-refractivity contribution in [3.8, 4) is 0 Å². The van der Waals surface area contributed by atoms with Crippen LogP contribution in [0.5, 0.6) is 0 Å². The average molecular weight is 426 g/mol. The molecule has 3 aliphatic rings. The van der Waals surface area contributed by atoms with Crippen molar-refractivity contribution in [3.63, 3.8) is 0 Å². The number of nitrogens with one attached hydrogen (secondary N) is 2. The van der Waals surface area contributed by atoms with Gasteiger partial charge in [0.2, 0.25) is 5.91 Å². The molecule has 162 valence electrons. The van der Waals surface area contributed by atoms with Crippen LogP contribution in [-0.4, -0.2) is 82.5 Å². The van der Waals surface area contributed by atoms with Gasteiger partial charge in [-0.25, -0.2) is 13.4 Å². The van der Waals surface area contributed by atoms with Gasteiger partial charge in [0, 0.05) is 31.7 Å². The van der Waals surface area contributed by atoms with Crippen LogP contribution in [0.2, 0.25) is 0 Å². The van der Waals surface area contributed by atoms with E-state index in [0.29, 0.717) is 38.9 Å². The number of sulfonamides is 1. The predicted molar refractivity (Wildman–Crippen MR) is 107 cm³/mol. The largest absolute Gasteiger partial charge is 0.392 e. The molecule has 1 saturated carbocycles. The number of carbonyl (C=O) groups excluding carboxylic acids is 1. The van der Waals surface area contributed by atoms with Crippen LogP contribution in [-0.2, 0) is 14.8 Å². The molecule has 0 spiro atoms. The highest BCUT2D eigenvalue weighted by Crippen LogP contribution is 2.29. The van der Waals surface area contributed by atoms with Crippen molar-refractivity contribution in [2.24, 2.45) is 0 Å². The van der Waals surface area contributed by atoms with Gasteiger partial charge in [-0.3, -0.25) is 9.69 Å². The fourth-order valence-electron chi connectivity index (χ4n) is 4.98. The van der Waals surface area contributed by atoms with Crippen molar-refractivity contribution in [3.05, 3.63) is 12.5 Å². The standard InChI is InChI=1S/C19H31N5O4S/c25-16-10-17(19(26)22-14-4-2-1-3-5-14)24(12-16)15-6-8-23(9-7-15)29(27,28)18-11-20-13-21-18/h11,13-17,25H,1-10,12H2,(H,20,21)(H,22,26)/t16-,17+/m1/s1. The monoisotopic (exact) mass is 425 g/mol. The molecular weight excluding hydrogens is 394 g/mol. The van der Waals surface area contributed by atoms with Gasteiger partial charge in [-0.05, 0) is 32.1 Å². The summed E-state index contributed by atoms with van der Waals surface area (Å²) in [5.74, 6) is 0.0148. The zero-order valence-electron chi connectivity index (χ0n) is 16.7. The third-order valence-corrected chi connectivity index (χ3v) is 8.38. The van der Waals surface area contributed by atoms with Crippen molar-refractivity contribution in [1.29, 1.82) is 0 Å². The van der Waals surface area contributed by atoms with Crippen LogP contribution < -0.4 is 5.32 Å². The number of likely N-dealkylation sites (tertiary alicyclic amines) is 1. The second-order valence-corrected chi connectivity index (χ2v) is 10.4. The van der Waals surface area contributed by atoms with E-state index in [1.807, 2.05) is 0 Å². The van der Waals surface area contributed by atoms with E-state index in [1.54, 1.807) is 0 Å². The molecule has 1 aromatic rings. The Bertz CT molecular complexity index is 786. The van der Waals surface area contributed by atoms with Gasteiger partial charge in [-0.2, -0.15) is 4.31 Å². The molecule has 0 radical (unpaired) electrons. The minimum Gasteiger partial charge on any atom is -0.392 e. The van der Waals surface area contributed by atoms with E-state index in [-0.39, 0.29) is 29.1 Å². The molecule has 4 rings (SSSR count). The average Bonchev–Trinajstić information content (AvgIpc) is 3.39. The summed E-state index contributed by atoms with van der Waals surface area (Å²) < 4.78 is 26.8. The lowest BCUT2D eigenvalue weighted by molar-refractivity contribution is -0.127. The molecule has 2 aliphatic heterocycles. The van der Waals surface area contributed by atoms with Gasteiger partial charge in [-0.1, -0.05) is 19.3 Å². The molecule has 1 amide bonds. The Morgan fingerprint density at radius 3 is 2.55 bits per heavy atom. The second-order valence-electron chi connectivity index (χ2n) is 8.50. The number of aromatic nitrogens is 2. The van der Waals surface area contributed by atoms with Gasteiger partial charge in [0.1, 0.15) is 0 Å². The van der Waals surface area contributed by atoms with Crippen LogP contribution >= 0.6 is 0 Å². The summed E-state index contributed by atoms with van der Waals surface area (Å²) in [6.45, 7) is 1.27. The van der Waals surface area contributed by atoms with E-state index in [9.17, 15) is 18.3 Å². The van der Waals surface area contributed by atoms with Crippen LogP contribution in [0.1, 0.15) is 51.4 Å². The Hall–Kier alpha value is -1.49. The zero-order valence-corrected chi connectivity index (χ0v) is 17.5. The molecule has 2 atom stereocenters. The maximum absolute atomic E-state index is 12.9. The van der Waals surface area contributed by atoms with Crippen LogP contribution in [0, 0.1) is 0 Å². The van der Waals surface area contributed by atoms with E-state index < -0.39 is 16.1 Å². The number of hydrogen-bond acceptors (Lipinski definition) is 6. The summed E-state index contributed by atoms with van der Waals surface area (Å²) in [5.41, 5.74) is 0. The van der Waals surface area contributed by atoms with Gasteiger partial charge in [0.15, 0.2) is 5.03 Å². The minimum absolute atomic E-state index is 0.0148. The molecule has 9 nitrogen and oxygen atoms in total. The normalized spacial score (nSPS) is 28.6. The van der Waals surface area contributed by atoms with Crippen LogP contribution in [0.25, 0.3) is 0 Å². The van der Waals surface area contributed by atoms with E-state index in [2.05, 4.69) is 20.2 Å². The number of rotatable bonds is 5. The Balaban J connectivity index is 1.37. The second kappa shape index (κ2) is 8.71. The number of aromatic amines is 1. The maximum atomic E-state index is 12.9. The summed E-state index contributed by atoms with van der Waals surface area (Å²) in [4.78, 5) is 21.5. The topological polar surface area (TPSA) is 119 Å². The molecule has 10 heteroatoms. The Labute approximate surface area is 171 Å². The highest BCUT2D eigenvalue weighted by molar-refractivity contribution is 7.89. The summed E-state index contributed by atoms with van der Waals surface area (Å²) >= 11 is 0. The molecule has 0 unspecified atom stereocenters. The number of piperidine rings is 1. The number of nitrogens with zero attached hydrogens (tertiary/aromatic N) is 3. The zero-order chi connectivity index (χ0) is 20.4. The fraction of sp³-hybridized carbons (Fsp3) is 0.789. The lowest BCUT2D eigenvalue weighted by Crippen LogP contribution is -2.53. The van der Waals surface area contributed by atoms with Crippen LogP contribution in [0.15, 0.2) is 17.6 Å². The summed E-state index contributed by atoms with van der Waals surface area (Å²) in [7, 11) is -3.56. The van der Waals surface area contributed by atoms with E-state index in [4.69, 9.17) is 0 Å². The third-order valence-electron chi connectivity index (χ3n) is 6.55. The van der Waals surface area contributed by atoms with Gasteiger partial charge < -0.3 is 15.4 Å². The van der Waals surface area contributed by atoms with Crippen molar-refractivity contribution in [2.45, 2.75) is 80.6 Å². The quantitative estimate of drug-likeness (QED) is 0.630. The number of β-amino-alcohol motifs (C(OH)–C–C–N with tert-alkyl or cyclic N) is 1.